The van der Waals surface area contributed by atoms with Gasteiger partial charge in [-0.15, -0.1) is 0 Å². The highest BCUT2D eigenvalue weighted by Gasteiger charge is 2.04. The number of carbonyl (C=O) groups is 1. The summed E-state index contributed by atoms with van der Waals surface area (Å²) in [5.41, 5.74) is 0. The standard InChI is InChI=1S/C6H13NO4/c1-11-4-5(9)2-7-6(10)3-8/h5,8-9H,2-4H2,1H3,(H,7,10)/t5-/m0/s1. The molecule has 3 N–H and O–H groups in total. The van der Waals surface area contributed by atoms with Crippen molar-refractivity contribution in [1.82, 2.24) is 5.32 Å². The van der Waals surface area contributed by atoms with Crippen LogP contribution in [0.2, 0.25) is 0 Å². The number of nitrogens with one attached hydrogen (secondary N) is 1. The Kier molecular flexibility index (Phi) is 5.73. The molecule has 11 heavy (non-hydrogen) atoms. The van der Waals surface area contributed by atoms with Gasteiger partial charge in [0.1, 0.15) is 6.61 Å². The fraction of sp³-hybridized carbons (Fsp3) is 0.833. The number of aliphatic hydroxyl groups is 2. The third kappa shape index (κ3) is 5.78. The first-order chi connectivity index (χ1) is 5.20. The second-order valence-corrected chi connectivity index (χ2v) is 2.07. The summed E-state index contributed by atoms with van der Waals surface area (Å²) in [5, 5.41) is 19.5. The predicted octanol–water partition coefficient (Wildman–Crippen LogP) is -1.90. The Balaban J connectivity index is 3.29. The van der Waals surface area contributed by atoms with Crippen LogP contribution in [0, 0.1) is 0 Å². The van der Waals surface area contributed by atoms with Crippen molar-refractivity contribution in [3.05, 3.63) is 0 Å². The van der Waals surface area contributed by atoms with Gasteiger partial charge in [-0.3, -0.25) is 4.79 Å². The Labute approximate surface area is 65.0 Å². The molecule has 0 fully saturated rings. The number of hydrogen-bond donors (Lipinski definition) is 3. The summed E-state index contributed by atoms with van der Waals surface area (Å²) in [6, 6.07) is 0. The van der Waals surface area contributed by atoms with Crippen molar-refractivity contribution in [1.29, 1.82) is 0 Å². The zero-order valence-electron chi connectivity index (χ0n) is 6.41. The van der Waals surface area contributed by atoms with Gasteiger partial charge in [-0.2, -0.15) is 0 Å². The molecule has 0 aromatic carbocycles. The van der Waals surface area contributed by atoms with Crippen molar-refractivity contribution < 1.29 is 19.7 Å². The molecule has 0 heterocycles. The maximum Gasteiger partial charge on any atom is 0.245 e. The minimum Gasteiger partial charge on any atom is -0.389 e. The van der Waals surface area contributed by atoms with Gasteiger partial charge in [0.25, 0.3) is 0 Å². The molecular weight excluding hydrogens is 150 g/mol. The molecule has 5 heteroatoms. The average Bonchev–Trinajstić information content (AvgIpc) is 2.01. The molecule has 0 bridgehead atoms. The number of methoxy groups -OCH3 is 1. The van der Waals surface area contributed by atoms with Crippen molar-refractivity contribution in [2.24, 2.45) is 0 Å². The van der Waals surface area contributed by atoms with Crippen molar-refractivity contribution in [2.75, 3.05) is 26.9 Å². The van der Waals surface area contributed by atoms with Crippen LogP contribution in [0.5, 0.6) is 0 Å². The van der Waals surface area contributed by atoms with E-state index in [0.717, 1.165) is 0 Å². The third-order valence-corrected chi connectivity index (χ3v) is 1.04. The van der Waals surface area contributed by atoms with Crippen LogP contribution in [0.4, 0.5) is 0 Å². The SMILES string of the molecule is COC[C@@H](O)CNC(=O)CO. The maximum absolute atomic E-state index is 10.4. The van der Waals surface area contributed by atoms with Gasteiger partial charge < -0.3 is 20.3 Å². The first-order valence-electron chi connectivity index (χ1n) is 3.25. The Hall–Kier alpha value is -0.650. The third-order valence-electron chi connectivity index (χ3n) is 1.04. The lowest BCUT2D eigenvalue weighted by Crippen LogP contribution is -2.35. The molecule has 0 aliphatic heterocycles. The van der Waals surface area contributed by atoms with Crippen molar-refractivity contribution in [3.8, 4) is 0 Å². The van der Waals surface area contributed by atoms with Gasteiger partial charge in [-0.05, 0) is 0 Å². The molecule has 0 aromatic rings. The van der Waals surface area contributed by atoms with Crippen molar-refractivity contribution in [3.63, 3.8) is 0 Å². The zero-order chi connectivity index (χ0) is 8.69. The Bertz CT molecular complexity index is 117. The van der Waals surface area contributed by atoms with Gasteiger partial charge in [-0.25, -0.2) is 0 Å². The monoisotopic (exact) mass is 163 g/mol. The second kappa shape index (κ2) is 6.09. The van der Waals surface area contributed by atoms with Gasteiger partial charge in [0.15, 0.2) is 0 Å². The molecule has 0 saturated heterocycles. The van der Waals surface area contributed by atoms with Gasteiger partial charge >= 0.3 is 0 Å². The summed E-state index contributed by atoms with van der Waals surface area (Å²) < 4.78 is 4.61. The molecule has 0 aromatic heterocycles. The van der Waals surface area contributed by atoms with E-state index in [0.29, 0.717) is 0 Å². The summed E-state index contributed by atoms with van der Waals surface area (Å²) in [6.45, 7) is -0.279. The smallest absolute Gasteiger partial charge is 0.245 e. The summed E-state index contributed by atoms with van der Waals surface area (Å²) in [7, 11) is 1.46. The number of rotatable bonds is 5. The molecule has 0 spiro atoms. The van der Waals surface area contributed by atoms with Crippen LogP contribution in [0.15, 0.2) is 0 Å². The minimum absolute atomic E-state index is 0.104. The van der Waals surface area contributed by atoms with Gasteiger partial charge in [-0.1, -0.05) is 0 Å². The topological polar surface area (TPSA) is 78.8 Å². The number of ether oxygens (including phenoxy) is 1. The first kappa shape index (κ1) is 10.3. The summed E-state index contributed by atoms with van der Waals surface area (Å²) in [6.07, 6.45) is -0.713. The summed E-state index contributed by atoms with van der Waals surface area (Å²) in [4.78, 5) is 10.4. The van der Waals surface area contributed by atoms with Crippen molar-refractivity contribution in [2.45, 2.75) is 6.10 Å². The second-order valence-electron chi connectivity index (χ2n) is 2.07. The van der Waals surface area contributed by atoms with Crippen LogP contribution >= 0.6 is 0 Å². The highest BCUT2D eigenvalue weighted by Crippen LogP contribution is 1.80. The summed E-state index contributed by atoms with van der Waals surface area (Å²) >= 11 is 0. The highest BCUT2D eigenvalue weighted by molar-refractivity contribution is 5.76. The van der Waals surface area contributed by atoms with E-state index >= 15 is 0 Å². The van der Waals surface area contributed by atoms with Crippen molar-refractivity contribution >= 4 is 5.91 Å². The first-order valence-corrected chi connectivity index (χ1v) is 3.25. The number of carbonyl (C=O) groups excluding carboxylic acids is 1. The lowest BCUT2D eigenvalue weighted by molar-refractivity contribution is -0.124. The van der Waals surface area contributed by atoms with E-state index in [1.807, 2.05) is 0 Å². The van der Waals surface area contributed by atoms with E-state index in [1.165, 1.54) is 7.11 Å². The van der Waals surface area contributed by atoms with Gasteiger partial charge in [0.05, 0.1) is 12.7 Å². The van der Waals surface area contributed by atoms with Crippen LogP contribution in [-0.4, -0.2) is 49.1 Å². The number of hydrogen-bond acceptors (Lipinski definition) is 4. The molecule has 0 rings (SSSR count). The fourth-order valence-electron chi connectivity index (χ4n) is 0.539. The molecule has 66 valence electrons. The number of aliphatic hydroxyl groups excluding tert-OH is 2. The lowest BCUT2D eigenvalue weighted by Gasteiger charge is -2.09. The van der Waals surface area contributed by atoms with Crippen LogP contribution in [-0.2, 0) is 9.53 Å². The fourth-order valence-corrected chi connectivity index (χ4v) is 0.539. The molecule has 0 aliphatic carbocycles. The van der Waals surface area contributed by atoms with Crippen LogP contribution in [0.1, 0.15) is 0 Å². The molecule has 0 radical (unpaired) electrons. The molecule has 0 unspecified atom stereocenters. The summed E-state index contributed by atoms with van der Waals surface area (Å²) in [5.74, 6) is -0.500. The molecule has 0 aliphatic rings. The molecule has 1 amide bonds. The van der Waals surface area contributed by atoms with Gasteiger partial charge in [0, 0.05) is 13.7 Å². The van der Waals surface area contributed by atoms with E-state index in [9.17, 15) is 4.79 Å². The average molecular weight is 163 g/mol. The largest absolute Gasteiger partial charge is 0.389 e. The molecule has 5 nitrogen and oxygen atoms in total. The van der Waals surface area contributed by atoms with E-state index in [-0.39, 0.29) is 13.2 Å². The highest BCUT2D eigenvalue weighted by atomic mass is 16.5. The minimum atomic E-state index is -0.713. The molecule has 0 saturated carbocycles. The Morgan fingerprint density at radius 2 is 2.36 bits per heavy atom. The van der Waals surface area contributed by atoms with Crippen LogP contribution in [0.3, 0.4) is 0 Å². The van der Waals surface area contributed by atoms with E-state index in [1.54, 1.807) is 0 Å². The maximum atomic E-state index is 10.4. The predicted molar refractivity (Wildman–Crippen MR) is 38.0 cm³/mol. The Morgan fingerprint density at radius 3 is 2.82 bits per heavy atom. The Morgan fingerprint density at radius 1 is 1.73 bits per heavy atom. The molecule has 1 atom stereocenters. The van der Waals surface area contributed by atoms with E-state index in [4.69, 9.17) is 10.2 Å². The van der Waals surface area contributed by atoms with E-state index in [2.05, 4.69) is 10.1 Å². The van der Waals surface area contributed by atoms with Gasteiger partial charge in [0.2, 0.25) is 5.91 Å². The molecular formula is C6H13NO4. The quantitative estimate of drug-likeness (QED) is 0.442. The number of amides is 1. The zero-order valence-corrected chi connectivity index (χ0v) is 6.41. The van der Waals surface area contributed by atoms with Crippen LogP contribution in [0.25, 0.3) is 0 Å². The van der Waals surface area contributed by atoms with Crippen LogP contribution < -0.4 is 5.32 Å². The lowest BCUT2D eigenvalue weighted by atomic mass is 10.4. The van der Waals surface area contributed by atoms with E-state index < -0.39 is 18.6 Å². The normalized spacial score (nSPS) is 12.6.